The first kappa shape index (κ1) is 9.73. The third-order valence-electron chi connectivity index (χ3n) is 2.21. The van der Waals surface area contributed by atoms with Gasteiger partial charge >= 0.3 is 0 Å². The predicted molar refractivity (Wildman–Crippen MR) is 56.9 cm³/mol. The van der Waals surface area contributed by atoms with Crippen molar-refractivity contribution in [3.8, 4) is 0 Å². The number of aromatic nitrogens is 2. The number of anilines is 1. The first-order valence-corrected chi connectivity index (χ1v) is 5.79. The van der Waals surface area contributed by atoms with E-state index in [9.17, 15) is 0 Å². The molecule has 0 unspecified atom stereocenters. The van der Waals surface area contributed by atoms with Crippen molar-refractivity contribution in [3.05, 3.63) is 17.1 Å². The largest absolute Gasteiger partial charge is 0.396 e. The minimum absolute atomic E-state index is 0.176. The third-order valence-corrected chi connectivity index (χ3v) is 3.19. The van der Waals surface area contributed by atoms with Crippen LogP contribution in [0.3, 0.4) is 0 Å². The lowest BCUT2D eigenvalue weighted by Gasteiger charge is -2.04. The fourth-order valence-electron chi connectivity index (χ4n) is 1.48. The maximum absolute atomic E-state index is 8.70. The van der Waals surface area contributed by atoms with Gasteiger partial charge in [0.05, 0.1) is 5.69 Å². The number of hydrogen-bond acceptors (Lipinski definition) is 5. The van der Waals surface area contributed by atoms with Gasteiger partial charge in [-0.3, -0.25) is 0 Å². The highest BCUT2D eigenvalue weighted by Crippen LogP contribution is 2.31. The molecule has 1 aliphatic heterocycles. The van der Waals surface area contributed by atoms with Gasteiger partial charge in [-0.1, -0.05) is 0 Å². The van der Waals surface area contributed by atoms with E-state index in [1.165, 1.54) is 0 Å². The smallest absolute Gasteiger partial charge is 0.131 e. The number of nitrogen functional groups attached to an aromatic ring is 1. The number of aliphatic hydroxyl groups is 1. The van der Waals surface area contributed by atoms with Crippen LogP contribution in [-0.2, 0) is 17.9 Å². The molecule has 0 radical (unpaired) electrons. The fraction of sp³-hybridized carbons (Fsp3) is 0.556. The molecule has 0 spiro atoms. The normalized spacial score (nSPS) is 14.4. The van der Waals surface area contributed by atoms with E-state index in [-0.39, 0.29) is 6.61 Å². The van der Waals surface area contributed by atoms with Gasteiger partial charge in [0, 0.05) is 30.1 Å². The molecule has 76 valence electrons. The lowest BCUT2D eigenvalue weighted by molar-refractivity contribution is 0.287. The highest BCUT2D eigenvalue weighted by molar-refractivity contribution is 7.98. The monoisotopic (exact) mass is 211 g/mol. The SMILES string of the molecule is Nc1nc(CCCO)nc2c1CSC2. The first-order valence-electron chi connectivity index (χ1n) is 4.64. The van der Waals surface area contributed by atoms with Crippen LogP contribution in [0, 0.1) is 0 Å². The van der Waals surface area contributed by atoms with E-state index in [2.05, 4.69) is 9.97 Å². The summed E-state index contributed by atoms with van der Waals surface area (Å²) in [6, 6.07) is 0. The number of rotatable bonds is 3. The fourth-order valence-corrected chi connectivity index (χ4v) is 2.53. The zero-order valence-electron chi connectivity index (χ0n) is 7.86. The van der Waals surface area contributed by atoms with E-state index < -0.39 is 0 Å². The van der Waals surface area contributed by atoms with Crippen LogP contribution in [0.4, 0.5) is 5.82 Å². The van der Waals surface area contributed by atoms with Crippen molar-refractivity contribution in [2.45, 2.75) is 24.3 Å². The molecule has 0 saturated heterocycles. The molecule has 0 aromatic carbocycles. The quantitative estimate of drug-likeness (QED) is 0.771. The lowest BCUT2D eigenvalue weighted by atomic mass is 10.2. The topological polar surface area (TPSA) is 72.0 Å². The Hall–Kier alpha value is -0.810. The summed E-state index contributed by atoms with van der Waals surface area (Å²) in [5, 5.41) is 8.70. The van der Waals surface area contributed by atoms with Gasteiger partial charge in [0.1, 0.15) is 11.6 Å². The molecule has 1 aromatic rings. The number of thioether (sulfide) groups is 1. The summed E-state index contributed by atoms with van der Waals surface area (Å²) >= 11 is 1.82. The Bertz CT molecular complexity index is 343. The van der Waals surface area contributed by atoms with Crippen molar-refractivity contribution in [2.75, 3.05) is 12.3 Å². The second-order valence-electron chi connectivity index (χ2n) is 3.27. The van der Waals surface area contributed by atoms with Gasteiger partial charge in [-0.15, -0.1) is 0 Å². The number of aliphatic hydroxyl groups excluding tert-OH is 1. The summed E-state index contributed by atoms with van der Waals surface area (Å²) in [6.45, 7) is 0.176. The number of aryl methyl sites for hydroxylation is 1. The molecule has 0 atom stereocenters. The highest BCUT2D eigenvalue weighted by Gasteiger charge is 2.17. The molecule has 0 aliphatic carbocycles. The molecule has 2 rings (SSSR count). The Balaban J connectivity index is 2.23. The van der Waals surface area contributed by atoms with Gasteiger partial charge in [0.2, 0.25) is 0 Å². The Morgan fingerprint density at radius 1 is 1.36 bits per heavy atom. The van der Waals surface area contributed by atoms with E-state index in [4.69, 9.17) is 10.8 Å². The van der Waals surface area contributed by atoms with Crippen molar-refractivity contribution in [1.82, 2.24) is 9.97 Å². The molecule has 0 saturated carbocycles. The van der Waals surface area contributed by atoms with Crippen LogP contribution in [0.15, 0.2) is 0 Å². The van der Waals surface area contributed by atoms with Crippen molar-refractivity contribution in [2.24, 2.45) is 0 Å². The number of hydrogen-bond donors (Lipinski definition) is 2. The van der Waals surface area contributed by atoms with Crippen LogP contribution in [-0.4, -0.2) is 21.7 Å². The van der Waals surface area contributed by atoms with Crippen LogP contribution in [0.2, 0.25) is 0 Å². The standard InChI is InChI=1S/C9H13N3OS/c10-9-6-4-14-5-7(6)11-8(12-9)2-1-3-13/h13H,1-5H2,(H2,10,11,12). The highest BCUT2D eigenvalue weighted by atomic mass is 32.2. The summed E-state index contributed by atoms with van der Waals surface area (Å²) < 4.78 is 0. The molecule has 14 heavy (non-hydrogen) atoms. The summed E-state index contributed by atoms with van der Waals surface area (Å²) in [5.74, 6) is 3.25. The number of fused-ring (bicyclic) bond motifs is 1. The number of nitrogens with zero attached hydrogens (tertiary/aromatic N) is 2. The molecule has 0 amide bonds. The maximum Gasteiger partial charge on any atom is 0.131 e. The predicted octanol–water partition coefficient (Wildman–Crippen LogP) is 0.730. The number of nitrogens with two attached hydrogens (primary N) is 1. The summed E-state index contributed by atoms with van der Waals surface area (Å²) in [6.07, 6.45) is 1.41. The van der Waals surface area contributed by atoms with E-state index in [0.29, 0.717) is 18.7 Å². The average molecular weight is 211 g/mol. The summed E-state index contributed by atoms with van der Waals surface area (Å²) in [5.41, 5.74) is 8.00. The van der Waals surface area contributed by atoms with Crippen LogP contribution >= 0.6 is 11.8 Å². The van der Waals surface area contributed by atoms with Gasteiger partial charge in [0.25, 0.3) is 0 Å². The van der Waals surface area contributed by atoms with Gasteiger partial charge in [-0.25, -0.2) is 9.97 Å². The van der Waals surface area contributed by atoms with Crippen molar-refractivity contribution < 1.29 is 5.11 Å². The minimum atomic E-state index is 0.176. The molecular formula is C9H13N3OS. The van der Waals surface area contributed by atoms with Gasteiger partial charge in [-0.05, 0) is 6.42 Å². The van der Waals surface area contributed by atoms with Gasteiger partial charge < -0.3 is 10.8 Å². The van der Waals surface area contributed by atoms with E-state index in [0.717, 1.165) is 28.6 Å². The molecule has 2 heterocycles. The van der Waals surface area contributed by atoms with E-state index in [1.807, 2.05) is 11.8 Å². The summed E-state index contributed by atoms with van der Waals surface area (Å²) in [4.78, 5) is 8.65. The maximum atomic E-state index is 8.70. The van der Waals surface area contributed by atoms with E-state index >= 15 is 0 Å². The second kappa shape index (κ2) is 4.14. The molecule has 1 aliphatic rings. The lowest BCUT2D eigenvalue weighted by Crippen LogP contribution is -2.06. The zero-order chi connectivity index (χ0) is 9.97. The Kier molecular flexibility index (Phi) is 2.88. The minimum Gasteiger partial charge on any atom is -0.396 e. The van der Waals surface area contributed by atoms with Crippen molar-refractivity contribution >= 4 is 17.6 Å². The zero-order valence-corrected chi connectivity index (χ0v) is 8.68. The third kappa shape index (κ3) is 1.83. The average Bonchev–Trinajstić information content (AvgIpc) is 2.63. The second-order valence-corrected chi connectivity index (χ2v) is 4.26. The Morgan fingerprint density at radius 2 is 2.21 bits per heavy atom. The van der Waals surface area contributed by atoms with Crippen LogP contribution < -0.4 is 5.73 Å². The van der Waals surface area contributed by atoms with Gasteiger partial charge in [0.15, 0.2) is 0 Å². The first-order chi connectivity index (χ1) is 6.81. The van der Waals surface area contributed by atoms with Crippen LogP contribution in [0.5, 0.6) is 0 Å². The molecule has 5 heteroatoms. The van der Waals surface area contributed by atoms with Crippen molar-refractivity contribution in [3.63, 3.8) is 0 Å². The van der Waals surface area contributed by atoms with Crippen LogP contribution in [0.25, 0.3) is 0 Å². The Labute approximate surface area is 86.9 Å². The van der Waals surface area contributed by atoms with Gasteiger partial charge in [-0.2, -0.15) is 11.8 Å². The summed E-state index contributed by atoms with van der Waals surface area (Å²) in [7, 11) is 0. The van der Waals surface area contributed by atoms with Crippen LogP contribution in [0.1, 0.15) is 23.5 Å². The molecular weight excluding hydrogens is 198 g/mol. The molecule has 4 nitrogen and oxygen atoms in total. The molecule has 1 aromatic heterocycles. The molecule has 0 bridgehead atoms. The van der Waals surface area contributed by atoms with E-state index in [1.54, 1.807) is 0 Å². The van der Waals surface area contributed by atoms with Crippen molar-refractivity contribution in [1.29, 1.82) is 0 Å². The molecule has 3 N–H and O–H groups in total. The Morgan fingerprint density at radius 3 is 3.00 bits per heavy atom. The molecule has 0 fully saturated rings.